The minimum Gasteiger partial charge on any atom is -0.395 e. The van der Waals surface area contributed by atoms with Crippen molar-refractivity contribution in [3.63, 3.8) is 0 Å². The van der Waals surface area contributed by atoms with Crippen LogP contribution in [0.1, 0.15) is 64.2 Å². The Hall–Kier alpha value is -0.570. The van der Waals surface area contributed by atoms with Crippen LogP contribution in [0.15, 0.2) is 0 Å². The quantitative estimate of drug-likeness (QED) is 0.790. The first-order valence-electron chi connectivity index (χ1n) is 7.71. The van der Waals surface area contributed by atoms with Gasteiger partial charge in [0.2, 0.25) is 5.91 Å². The van der Waals surface area contributed by atoms with Crippen LogP contribution in [-0.4, -0.2) is 35.1 Å². The summed E-state index contributed by atoms with van der Waals surface area (Å²) in [7, 11) is 0. The van der Waals surface area contributed by atoms with Crippen molar-refractivity contribution >= 4 is 5.91 Å². The summed E-state index contributed by atoms with van der Waals surface area (Å²) in [4.78, 5) is 14.3. The minimum atomic E-state index is 0.103. The summed E-state index contributed by atoms with van der Waals surface area (Å²) in [5.41, 5.74) is 0. The maximum absolute atomic E-state index is 12.3. The zero-order chi connectivity index (χ0) is 12.8. The molecule has 1 amide bonds. The zero-order valence-corrected chi connectivity index (χ0v) is 11.4. The van der Waals surface area contributed by atoms with Crippen molar-refractivity contribution < 1.29 is 9.90 Å². The van der Waals surface area contributed by atoms with Gasteiger partial charge in [0.05, 0.1) is 6.61 Å². The Morgan fingerprint density at radius 2 is 1.67 bits per heavy atom. The van der Waals surface area contributed by atoms with E-state index in [0.717, 1.165) is 25.2 Å². The fourth-order valence-electron chi connectivity index (χ4n) is 3.60. The molecule has 0 atom stereocenters. The van der Waals surface area contributed by atoms with Crippen LogP contribution in [0.2, 0.25) is 0 Å². The molecule has 1 N–H and O–H groups in total. The highest BCUT2D eigenvalue weighted by Crippen LogP contribution is 2.29. The molecule has 2 aliphatic rings. The van der Waals surface area contributed by atoms with Gasteiger partial charge in [-0.2, -0.15) is 0 Å². The van der Waals surface area contributed by atoms with Gasteiger partial charge in [-0.1, -0.05) is 38.5 Å². The number of carbonyl (C=O) groups excluding carboxylic acids is 1. The Morgan fingerprint density at radius 1 is 1.06 bits per heavy atom. The number of amides is 1. The number of aliphatic hydroxyl groups is 1. The van der Waals surface area contributed by atoms with Crippen molar-refractivity contribution in [3.05, 3.63) is 0 Å². The molecule has 0 aromatic heterocycles. The molecule has 3 nitrogen and oxygen atoms in total. The van der Waals surface area contributed by atoms with Crippen molar-refractivity contribution in [1.29, 1.82) is 0 Å². The first kappa shape index (κ1) is 13.9. The molecular formula is C15H27NO2. The van der Waals surface area contributed by atoms with E-state index >= 15 is 0 Å². The van der Waals surface area contributed by atoms with Crippen molar-refractivity contribution in [2.24, 2.45) is 5.92 Å². The van der Waals surface area contributed by atoms with Crippen LogP contribution in [0.4, 0.5) is 0 Å². The van der Waals surface area contributed by atoms with Gasteiger partial charge in [-0.15, -0.1) is 0 Å². The summed E-state index contributed by atoms with van der Waals surface area (Å²) in [6, 6.07) is 0.410. The van der Waals surface area contributed by atoms with Gasteiger partial charge in [-0.25, -0.2) is 0 Å². The average molecular weight is 253 g/mol. The van der Waals surface area contributed by atoms with Gasteiger partial charge in [0, 0.05) is 19.0 Å². The lowest BCUT2D eigenvalue weighted by Crippen LogP contribution is -2.40. The van der Waals surface area contributed by atoms with E-state index in [9.17, 15) is 4.79 Å². The van der Waals surface area contributed by atoms with Gasteiger partial charge in [0.1, 0.15) is 0 Å². The van der Waals surface area contributed by atoms with Gasteiger partial charge in [-0.3, -0.25) is 4.79 Å². The standard InChI is InChI=1S/C15H27NO2/c17-12-11-16(14-7-3-4-8-14)15(18)10-9-13-5-1-2-6-13/h13-14,17H,1-12H2. The molecule has 2 saturated carbocycles. The van der Waals surface area contributed by atoms with Crippen molar-refractivity contribution in [3.8, 4) is 0 Å². The van der Waals surface area contributed by atoms with Crippen LogP contribution in [0.5, 0.6) is 0 Å². The summed E-state index contributed by atoms with van der Waals surface area (Å²) in [5.74, 6) is 1.07. The Balaban J connectivity index is 1.78. The topological polar surface area (TPSA) is 40.5 Å². The Bertz CT molecular complexity index is 255. The Labute approximate surface area is 111 Å². The summed E-state index contributed by atoms with van der Waals surface area (Å²) in [6.07, 6.45) is 11.8. The summed E-state index contributed by atoms with van der Waals surface area (Å²) in [6.45, 7) is 0.639. The van der Waals surface area contributed by atoms with Gasteiger partial charge < -0.3 is 10.0 Å². The summed E-state index contributed by atoms with van der Waals surface area (Å²) >= 11 is 0. The molecule has 104 valence electrons. The molecule has 0 aromatic rings. The van der Waals surface area contributed by atoms with Gasteiger partial charge >= 0.3 is 0 Å². The second-order valence-electron chi connectivity index (χ2n) is 5.94. The van der Waals surface area contributed by atoms with E-state index in [-0.39, 0.29) is 12.5 Å². The molecule has 0 aliphatic heterocycles. The molecule has 0 heterocycles. The van der Waals surface area contributed by atoms with Crippen LogP contribution >= 0.6 is 0 Å². The van der Waals surface area contributed by atoms with E-state index in [1.807, 2.05) is 4.90 Å². The maximum atomic E-state index is 12.3. The molecule has 0 saturated heterocycles. The van der Waals surface area contributed by atoms with Crippen molar-refractivity contribution in [2.75, 3.05) is 13.2 Å². The second kappa shape index (κ2) is 7.13. The largest absolute Gasteiger partial charge is 0.395 e. The highest BCUT2D eigenvalue weighted by molar-refractivity contribution is 5.76. The van der Waals surface area contributed by atoms with E-state index < -0.39 is 0 Å². The summed E-state index contributed by atoms with van der Waals surface area (Å²) in [5, 5.41) is 9.13. The number of rotatable bonds is 6. The molecule has 0 radical (unpaired) electrons. The predicted octanol–water partition coefficient (Wildman–Crippen LogP) is 2.72. The number of hydrogen-bond donors (Lipinski definition) is 1. The van der Waals surface area contributed by atoms with E-state index in [1.165, 1.54) is 38.5 Å². The summed E-state index contributed by atoms with van der Waals surface area (Å²) < 4.78 is 0. The Morgan fingerprint density at radius 3 is 2.28 bits per heavy atom. The highest BCUT2D eigenvalue weighted by atomic mass is 16.3. The number of hydrogen-bond acceptors (Lipinski definition) is 2. The lowest BCUT2D eigenvalue weighted by Gasteiger charge is -2.28. The molecule has 2 fully saturated rings. The van der Waals surface area contributed by atoms with E-state index in [2.05, 4.69) is 0 Å². The van der Waals surface area contributed by atoms with E-state index in [4.69, 9.17) is 5.11 Å². The van der Waals surface area contributed by atoms with Crippen LogP contribution in [-0.2, 0) is 4.79 Å². The smallest absolute Gasteiger partial charge is 0.222 e. The van der Waals surface area contributed by atoms with Gasteiger partial charge in [0.25, 0.3) is 0 Å². The molecule has 3 heteroatoms. The molecule has 2 rings (SSSR count). The van der Waals surface area contributed by atoms with Gasteiger partial charge in [0.15, 0.2) is 0 Å². The monoisotopic (exact) mass is 253 g/mol. The third-order valence-corrected chi connectivity index (χ3v) is 4.67. The fourth-order valence-corrected chi connectivity index (χ4v) is 3.60. The molecule has 0 aromatic carbocycles. The van der Waals surface area contributed by atoms with Crippen molar-refractivity contribution in [2.45, 2.75) is 70.3 Å². The number of carbonyl (C=O) groups is 1. The van der Waals surface area contributed by atoms with Crippen molar-refractivity contribution in [1.82, 2.24) is 4.90 Å². The number of nitrogens with zero attached hydrogens (tertiary/aromatic N) is 1. The highest BCUT2D eigenvalue weighted by Gasteiger charge is 2.26. The SMILES string of the molecule is O=C(CCC1CCCC1)N(CCO)C1CCCC1. The lowest BCUT2D eigenvalue weighted by atomic mass is 10.0. The fraction of sp³-hybridized carbons (Fsp3) is 0.933. The Kier molecular flexibility index (Phi) is 5.48. The lowest BCUT2D eigenvalue weighted by molar-refractivity contribution is -0.134. The first-order valence-corrected chi connectivity index (χ1v) is 7.71. The van der Waals surface area contributed by atoms with Crippen LogP contribution in [0, 0.1) is 5.92 Å². The minimum absolute atomic E-state index is 0.103. The molecule has 2 aliphatic carbocycles. The number of aliphatic hydroxyl groups excluding tert-OH is 1. The molecule has 0 spiro atoms. The first-order chi connectivity index (χ1) is 8.81. The third kappa shape index (κ3) is 3.71. The predicted molar refractivity (Wildman–Crippen MR) is 72.2 cm³/mol. The van der Waals surface area contributed by atoms with Crippen LogP contribution in [0.25, 0.3) is 0 Å². The maximum Gasteiger partial charge on any atom is 0.222 e. The second-order valence-corrected chi connectivity index (χ2v) is 5.94. The molecule has 0 unspecified atom stereocenters. The molecular weight excluding hydrogens is 226 g/mol. The zero-order valence-electron chi connectivity index (χ0n) is 11.4. The van der Waals surface area contributed by atoms with Crippen LogP contribution in [0.3, 0.4) is 0 Å². The van der Waals surface area contributed by atoms with Crippen LogP contribution < -0.4 is 0 Å². The molecule has 18 heavy (non-hydrogen) atoms. The van der Waals surface area contributed by atoms with E-state index in [1.54, 1.807) is 0 Å². The molecule has 0 bridgehead atoms. The third-order valence-electron chi connectivity index (χ3n) is 4.67. The normalized spacial score (nSPS) is 21.6. The van der Waals surface area contributed by atoms with Gasteiger partial charge in [-0.05, 0) is 25.2 Å². The van der Waals surface area contributed by atoms with E-state index in [0.29, 0.717) is 19.0 Å². The average Bonchev–Trinajstić information content (AvgIpc) is 3.05.